The summed E-state index contributed by atoms with van der Waals surface area (Å²) in [6, 6.07) is 13.7. The number of benzene rings is 2. The number of hydrogen-bond acceptors (Lipinski definition) is 3. The standard InChI is InChI=1S/C22H24N2O3/c1-14-8-9-17(10-15(14)2)16(3)24-21(25)13-27-22(26)11-18-12-23-20-7-5-4-6-19(18)20/h4-10,12,16,23H,11,13H2,1-3H3,(H,24,25)/t16-/m0/s1. The maximum absolute atomic E-state index is 12.1. The van der Waals surface area contributed by atoms with E-state index in [0.717, 1.165) is 22.0 Å². The summed E-state index contributed by atoms with van der Waals surface area (Å²) in [6.07, 6.45) is 1.93. The van der Waals surface area contributed by atoms with Gasteiger partial charge in [0.05, 0.1) is 12.5 Å². The van der Waals surface area contributed by atoms with Gasteiger partial charge in [-0.15, -0.1) is 0 Å². The van der Waals surface area contributed by atoms with E-state index in [4.69, 9.17) is 4.74 Å². The molecule has 3 aromatic rings. The van der Waals surface area contributed by atoms with Crippen molar-refractivity contribution in [2.75, 3.05) is 6.61 Å². The molecule has 0 aliphatic rings. The van der Waals surface area contributed by atoms with E-state index < -0.39 is 5.97 Å². The molecule has 0 spiro atoms. The van der Waals surface area contributed by atoms with Crippen molar-refractivity contribution in [2.45, 2.75) is 33.2 Å². The Morgan fingerprint density at radius 1 is 1.11 bits per heavy atom. The van der Waals surface area contributed by atoms with Crippen LogP contribution in [0.3, 0.4) is 0 Å². The highest BCUT2D eigenvalue weighted by Crippen LogP contribution is 2.19. The maximum Gasteiger partial charge on any atom is 0.310 e. The normalized spacial score (nSPS) is 12.0. The topological polar surface area (TPSA) is 71.2 Å². The lowest BCUT2D eigenvalue weighted by molar-refractivity contribution is -0.148. The third-order valence-corrected chi connectivity index (χ3v) is 4.78. The van der Waals surface area contributed by atoms with Gasteiger partial charge in [0.15, 0.2) is 6.61 Å². The minimum absolute atomic E-state index is 0.129. The van der Waals surface area contributed by atoms with Crippen molar-refractivity contribution >= 4 is 22.8 Å². The van der Waals surface area contributed by atoms with Gasteiger partial charge in [-0.2, -0.15) is 0 Å². The molecule has 5 nitrogen and oxygen atoms in total. The summed E-state index contributed by atoms with van der Waals surface area (Å²) in [5, 5.41) is 3.85. The average molecular weight is 364 g/mol. The van der Waals surface area contributed by atoms with E-state index in [2.05, 4.69) is 23.3 Å². The minimum atomic E-state index is -0.422. The van der Waals surface area contributed by atoms with Crippen LogP contribution in [-0.2, 0) is 20.7 Å². The number of aromatic nitrogens is 1. The van der Waals surface area contributed by atoms with Gasteiger partial charge in [-0.25, -0.2) is 0 Å². The van der Waals surface area contributed by atoms with Gasteiger partial charge in [0, 0.05) is 17.1 Å². The Bertz CT molecular complexity index is 975. The molecule has 0 saturated carbocycles. The number of H-pyrrole nitrogens is 1. The number of nitrogens with one attached hydrogen (secondary N) is 2. The Morgan fingerprint density at radius 2 is 1.89 bits per heavy atom. The second-order valence-corrected chi connectivity index (χ2v) is 6.83. The fourth-order valence-corrected chi connectivity index (χ4v) is 3.03. The van der Waals surface area contributed by atoms with Crippen molar-refractivity contribution < 1.29 is 14.3 Å². The van der Waals surface area contributed by atoms with Gasteiger partial charge in [-0.1, -0.05) is 36.4 Å². The van der Waals surface area contributed by atoms with Crippen molar-refractivity contribution in [2.24, 2.45) is 0 Å². The third-order valence-electron chi connectivity index (χ3n) is 4.78. The Hall–Kier alpha value is -3.08. The summed E-state index contributed by atoms with van der Waals surface area (Å²) < 4.78 is 5.14. The highest BCUT2D eigenvalue weighted by molar-refractivity contribution is 5.88. The number of carbonyl (C=O) groups excluding carboxylic acids is 2. The number of carbonyl (C=O) groups is 2. The van der Waals surface area contributed by atoms with Gasteiger partial charge in [0.25, 0.3) is 5.91 Å². The van der Waals surface area contributed by atoms with Crippen LogP contribution in [0.15, 0.2) is 48.7 Å². The minimum Gasteiger partial charge on any atom is -0.455 e. The largest absolute Gasteiger partial charge is 0.455 e. The zero-order valence-corrected chi connectivity index (χ0v) is 15.8. The molecule has 0 aliphatic heterocycles. The molecule has 0 aliphatic carbocycles. The fourth-order valence-electron chi connectivity index (χ4n) is 3.03. The van der Waals surface area contributed by atoms with E-state index in [0.29, 0.717) is 0 Å². The van der Waals surface area contributed by atoms with Crippen LogP contribution in [0.5, 0.6) is 0 Å². The number of aromatic amines is 1. The number of aryl methyl sites for hydroxylation is 2. The monoisotopic (exact) mass is 364 g/mol. The van der Waals surface area contributed by atoms with Gasteiger partial charge in [0.2, 0.25) is 0 Å². The van der Waals surface area contributed by atoms with Gasteiger partial charge < -0.3 is 15.0 Å². The van der Waals surface area contributed by atoms with Crippen LogP contribution in [0.4, 0.5) is 0 Å². The molecule has 5 heteroatoms. The van der Waals surface area contributed by atoms with Crippen LogP contribution in [0.25, 0.3) is 10.9 Å². The third kappa shape index (κ3) is 4.56. The number of rotatable bonds is 6. The summed E-state index contributed by atoms with van der Waals surface area (Å²) in [7, 11) is 0. The van der Waals surface area contributed by atoms with Crippen LogP contribution < -0.4 is 5.32 Å². The highest BCUT2D eigenvalue weighted by Gasteiger charge is 2.14. The summed E-state index contributed by atoms with van der Waals surface area (Å²) >= 11 is 0. The highest BCUT2D eigenvalue weighted by atomic mass is 16.5. The number of ether oxygens (including phenoxy) is 1. The quantitative estimate of drug-likeness (QED) is 0.655. The van der Waals surface area contributed by atoms with Crippen molar-refractivity contribution in [1.82, 2.24) is 10.3 Å². The molecule has 2 N–H and O–H groups in total. The van der Waals surface area contributed by atoms with E-state index >= 15 is 0 Å². The maximum atomic E-state index is 12.1. The van der Waals surface area contributed by atoms with Crippen LogP contribution >= 0.6 is 0 Å². The lowest BCUT2D eigenvalue weighted by Crippen LogP contribution is -2.31. The molecule has 0 radical (unpaired) electrons. The Balaban J connectivity index is 1.51. The zero-order valence-electron chi connectivity index (χ0n) is 15.8. The summed E-state index contributed by atoms with van der Waals surface area (Å²) in [5.41, 5.74) is 5.25. The van der Waals surface area contributed by atoms with Crippen LogP contribution in [-0.4, -0.2) is 23.5 Å². The van der Waals surface area contributed by atoms with Crippen molar-refractivity contribution in [3.63, 3.8) is 0 Å². The Kier molecular flexibility index (Phi) is 5.60. The number of para-hydroxylation sites is 1. The van der Waals surface area contributed by atoms with Gasteiger partial charge in [-0.05, 0) is 49.1 Å². The molecule has 27 heavy (non-hydrogen) atoms. The lowest BCUT2D eigenvalue weighted by Gasteiger charge is -2.15. The molecular formula is C22H24N2O3. The Morgan fingerprint density at radius 3 is 2.67 bits per heavy atom. The first-order valence-corrected chi connectivity index (χ1v) is 9.01. The SMILES string of the molecule is Cc1ccc([C@H](C)NC(=O)COC(=O)Cc2c[nH]c3ccccc23)cc1C. The predicted octanol–water partition coefficient (Wildman–Crippen LogP) is 3.75. The van der Waals surface area contributed by atoms with Crippen molar-refractivity contribution in [1.29, 1.82) is 0 Å². The molecule has 0 bridgehead atoms. The molecule has 140 valence electrons. The van der Waals surface area contributed by atoms with Crippen LogP contribution in [0, 0.1) is 13.8 Å². The molecule has 0 saturated heterocycles. The molecule has 1 amide bonds. The summed E-state index contributed by atoms with van der Waals surface area (Å²) in [4.78, 5) is 27.3. The number of amides is 1. The lowest BCUT2D eigenvalue weighted by atomic mass is 10.0. The molecule has 0 unspecified atom stereocenters. The van der Waals surface area contributed by atoms with Crippen LogP contribution in [0.1, 0.15) is 35.2 Å². The van der Waals surface area contributed by atoms with Gasteiger partial charge >= 0.3 is 5.97 Å². The van der Waals surface area contributed by atoms with Gasteiger partial charge in [0.1, 0.15) is 0 Å². The molecule has 1 atom stereocenters. The van der Waals surface area contributed by atoms with Crippen molar-refractivity contribution in [3.8, 4) is 0 Å². The van der Waals surface area contributed by atoms with E-state index in [1.165, 1.54) is 11.1 Å². The summed E-state index contributed by atoms with van der Waals surface area (Å²) in [6.45, 7) is 5.72. The van der Waals surface area contributed by atoms with Gasteiger partial charge in [-0.3, -0.25) is 9.59 Å². The van der Waals surface area contributed by atoms with E-state index in [-0.39, 0.29) is 25.0 Å². The summed E-state index contributed by atoms with van der Waals surface area (Å²) in [5.74, 6) is -0.734. The van der Waals surface area contributed by atoms with E-state index in [1.807, 2.05) is 50.2 Å². The molecule has 0 fully saturated rings. The Labute approximate surface area is 158 Å². The molecular weight excluding hydrogens is 340 g/mol. The second-order valence-electron chi connectivity index (χ2n) is 6.83. The number of hydrogen-bond donors (Lipinski definition) is 2. The average Bonchev–Trinajstić information content (AvgIpc) is 3.05. The first-order valence-electron chi connectivity index (χ1n) is 9.01. The predicted molar refractivity (Wildman–Crippen MR) is 105 cm³/mol. The number of esters is 1. The molecule has 2 aromatic carbocycles. The molecule has 1 heterocycles. The molecule has 3 rings (SSSR count). The second kappa shape index (κ2) is 8.08. The fraction of sp³-hybridized carbons (Fsp3) is 0.273. The first kappa shape index (κ1) is 18.7. The van der Waals surface area contributed by atoms with Crippen LogP contribution in [0.2, 0.25) is 0 Å². The first-order chi connectivity index (χ1) is 12.9. The smallest absolute Gasteiger partial charge is 0.310 e. The van der Waals surface area contributed by atoms with E-state index in [1.54, 1.807) is 6.20 Å². The number of fused-ring (bicyclic) bond motifs is 1. The molecule has 1 aromatic heterocycles. The van der Waals surface area contributed by atoms with Crippen molar-refractivity contribution in [3.05, 3.63) is 70.9 Å². The zero-order chi connectivity index (χ0) is 19.4. The van der Waals surface area contributed by atoms with E-state index in [9.17, 15) is 9.59 Å².